The molecule has 1 amide bonds. The van der Waals surface area contributed by atoms with Crippen LogP contribution < -0.4 is 10.1 Å². The number of rotatable bonds is 9. The first-order valence-corrected chi connectivity index (χ1v) is 12.5. The monoisotopic (exact) mass is 467 g/mol. The number of carbonyl (C=O) groups is 1. The molecular weight excluding hydrogens is 438 g/mol. The Morgan fingerprint density at radius 2 is 1.47 bits per heavy atom. The quantitative estimate of drug-likeness (QED) is 0.264. The normalized spacial score (nSPS) is 10.8. The van der Waals surface area contributed by atoms with E-state index < -0.39 is 0 Å². The number of amides is 1. The first-order valence-electron chi connectivity index (χ1n) is 11.5. The average molecular weight is 468 g/mol. The fourth-order valence-electron chi connectivity index (χ4n) is 3.79. The van der Waals surface area contributed by atoms with Crippen LogP contribution in [0.5, 0.6) is 5.75 Å². The smallest absolute Gasteiger partial charge is 0.252 e. The van der Waals surface area contributed by atoms with Gasteiger partial charge in [0.2, 0.25) is 0 Å². The fraction of sp³-hybridized carbons (Fsp3) is 0.167. The Morgan fingerprint density at radius 1 is 0.853 bits per heavy atom. The van der Waals surface area contributed by atoms with Crippen LogP contribution in [0.3, 0.4) is 0 Å². The van der Waals surface area contributed by atoms with Crippen LogP contribution in [0.2, 0.25) is 0 Å². The average Bonchev–Trinajstić information content (AvgIpc) is 2.88. The van der Waals surface area contributed by atoms with E-state index >= 15 is 0 Å². The SMILES string of the molecule is CCOc1ccc(C(=O)NC(c2ccccc2)c2ccccc2)cc1CSc1ccc(C)cc1. The van der Waals surface area contributed by atoms with Crippen molar-refractivity contribution in [2.75, 3.05) is 6.61 Å². The predicted octanol–water partition coefficient (Wildman–Crippen LogP) is 7.21. The summed E-state index contributed by atoms with van der Waals surface area (Å²) >= 11 is 1.74. The van der Waals surface area contributed by atoms with E-state index in [1.54, 1.807) is 11.8 Å². The van der Waals surface area contributed by atoms with Crippen molar-refractivity contribution >= 4 is 17.7 Å². The molecule has 0 saturated carbocycles. The van der Waals surface area contributed by atoms with Crippen molar-refractivity contribution in [2.45, 2.75) is 30.5 Å². The van der Waals surface area contributed by atoms with Crippen LogP contribution in [-0.2, 0) is 5.75 Å². The predicted molar refractivity (Wildman–Crippen MR) is 141 cm³/mol. The molecule has 0 aromatic heterocycles. The third-order valence-electron chi connectivity index (χ3n) is 5.58. The molecule has 4 rings (SSSR count). The summed E-state index contributed by atoms with van der Waals surface area (Å²) in [6.45, 7) is 4.64. The Labute approximate surface area is 206 Å². The van der Waals surface area contributed by atoms with E-state index in [0.29, 0.717) is 12.2 Å². The number of benzene rings is 4. The molecule has 4 aromatic rings. The van der Waals surface area contributed by atoms with Gasteiger partial charge in [-0.2, -0.15) is 0 Å². The highest BCUT2D eigenvalue weighted by atomic mass is 32.2. The topological polar surface area (TPSA) is 38.3 Å². The van der Waals surface area contributed by atoms with Gasteiger partial charge in [0.05, 0.1) is 12.6 Å². The van der Waals surface area contributed by atoms with Gasteiger partial charge in [-0.1, -0.05) is 78.4 Å². The van der Waals surface area contributed by atoms with Gasteiger partial charge in [0.15, 0.2) is 0 Å². The minimum atomic E-state index is -0.230. The van der Waals surface area contributed by atoms with Crippen molar-refractivity contribution < 1.29 is 9.53 Å². The van der Waals surface area contributed by atoms with Crippen LogP contribution in [0.1, 0.15) is 45.6 Å². The molecule has 0 atom stereocenters. The maximum absolute atomic E-state index is 13.4. The van der Waals surface area contributed by atoms with E-state index in [-0.39, 0.29) is 11.9 Å². The van der Waals surface area contributed by atoms with Crippen molar-refractivity contribution in [1.29, 1.82) is 0 Å². The third-order valence-corrected chi connectivity index (χ3v) is 6.64. The standard InChI is InChI=1S/C30H29NO2S/c1-3-33-28-19-16-25(20-26(28)21-34-27-17-14-22(2)15-18-27)30(32)31-29(23-10-6-4-7-11-23)24-12-8-5-9-13-24/h4-20,29H,3,21H2,1-2H3,(H,31,32). The Morgan fingerprint density at radius 3 is 2.06 bits per heavy atom. The molecule has 0 heterocycles. The molecule has 0 aliphatic heterocycles. The van der Waals surface area contributed by atoms with Crippen molar-refractivity contribution in [2.24, 2.45) is 0 Å². The fourth-order valence-corrected chi connectivity index (χ4v) is 4.67. The number of thioether (sulfide) groups is 1. The number of carbonyl (C=O) groups excluding carboxylic acids is 1. The largest absolute Gasteiger partial charge is 0.494 e. The second kappa shape index (κ2) is 11.6. The minimum Gasteiger partial charge on any atom is -0.494 e. The number of ether oxygens (including phenoxy) is 1. The van der Waals surface area contributed by atoms with Gasteiger partial charge in [0.25, 0.3) is 5.91 Å². The molecular formula is C30H29NO2S. The van der Waals surface area contributed by atoms with Crippen LogP contribution in [0.25, 0.3) is 0 Å². The zero-order chi connectivity index (χ0) is 23.8. The van der Waals surface area contributed by atoms with Crippen molar-refractivity contribution in [3.63, 3.8) is 0 Å². The summed E-state index contributed by atoms with van der Waals surface area (Å²) in [5.74, 6) is 1.43. The number of aryl methyl sites for hydroxylation is 1. The molecule has 0 fully saturated rings. The highest BCUT2D eigenvalue weighted by molar-refractivity contribution is 7.98. The Balaban J connectivity index is 1.57. The molecule has 0 aliphatic rings. The van der Waals surface area contributed by atoms with Gasteiger partial charge in [0, 0.05) is 21.8 Å². The van der Waals surface area contributed by atoms with Crippen LogP contribution in [0, 0.1) is 6.92 Å². The number of nitrogens with one attached hydrogen (secondary N) is 1. The van der Waals surface area contributed by atoms with Gasteiger partial charge >= 0.3 is 0 Å². The van der Waals surface area contributed by atoms with E-state index in [2.05, 4.69) is 36.5 Å². The molecule has 3 nitrogen and oxygen atoms in total. The van der Waals surface area contributed by atoms with Gasteiger partial charge in [-0.05, 0) is 55.3 Å². The number of hydrogen-bond donors (Lipinski definition) is 1. The molecule has 1 N–H and O–H groups in total. The Kier molecular flexibility index (Phi) is 8.05. The lowest BCUT2D eigenvalue weighted by Crippen LogP contribution is -2.29. The van der Waals surface area contributed by atoms with Gasteiger partial charge in [0.1, 0.15) is 5.75 Å². The zero-order valence-corrected chi connectivity index (χ0v) is 20.3. The van der Waals surface area contributed by atoms with E-state index in [9.17, 15) is 4.79 Å². The van der Waals surface area contributed by atoms with E-state index in [1.807, 2.05) is 85.8 Å². The van der Waals surface area contributed by atoms with Gasteiger partial charge in [-0.3, -0.25) is 4.79 Å². The first-order chi connectivity index (χ1) is 16.6. The first kappa shape index (κ1) is 23.7. The summed E-state index contributed by atoms with van der Waals surface area (Å²) in [5, 5.41) is 3.24. The summed E-state index contributed by atoms with van der Waals surface area (Å²) in [6, 6.07) is 34.1. The molecule has 0 spiro atoms. The molecule has 0 radical (unpaired) electrons. The maximum atomic E-state index is 13.4. The Hall–Kier alpha value is -3.50. The second-order valence-electron chi connectivity index (χ2n) is 8.09. The van der Waals surface area contributed by atoms with E-state index in [1.165, 1.54) is 10.5 Å². The summed E-state index contributed by atoms with van der Waals surface area (Å²) in [4.78, 5) is 14.6. The molecule has 4 aromatic carbocycles. The lowest BCUT2D eigenvalue weighted by Gasteiger charge is -2.20. The van der Waals surface area contributed by atoms with E-state index in [0.717, 1.165) is 28.2 Å². The maximum Gasteiger partial charge on any atom is 0.252 e. The van der Waals surface area contributed by atoms with Gasteiger partial charge in [-0.25, -0.2) is 0 Å². The van der Waals surface area contributed by atoms with Crippen molar-refractivity contribution in [3.8, 4) is 5.75 Å². The third kappa shape index (κ3) is 6.09. The van der Waals surface area contributed by atoms with Crippen molar-refractivity contribution in [3.05, 3.63) is 131 Å². The lowest BCUT2D eigenvalue weighted by atomic mass is 9.98. The highest BCUT2D eigenvalue weighted by Gasteiger charge is 2.19. The number of hydrogen-bond acceptors (Lipinski definition) is 3. The zero-order valence-electron chi connectivity index (χ0n) is 19.5. The van der Waals surface area contributed by atoms with Crippen LogP contribution >= 0.6 is 11.8 Å². The van der Waals surface area contributed by atoms with E-state index in [4.69, 9.17) is 4.74 Å². The summed E-state index contributed by atoms with van der Waals surface area (Å²) in [6.07, 6.45) is 0. The molecule has 0 aliphatic carbocycles. The van der Waals surface area contributed by atoms with Gasteiger partial charge < -0.3 is 10.1 Å². The molecule has 0 saturated heterocycles. The van der Waals surface area contributed by atoms with Crippen molar-refractivity contribution in [1.82, 2.24) is 5.32 Å². The van der Waals surface area contributed by atoms with Gasteiger partial charge in [-0.15, -0.1) is 11.8 Å². The summed E-state index contributed by atoms with van der Waals surface area (Å²) in [5.41, 5.74) is 4.96. The molecule has 0 unspecified atom stereocenters. The molecule has 172 valence electrons. The summed E-state index contributed by atoms with van der Waals surface area (Å²) < 4.78 is 5.85. The Bertz CT molecular complexity index is 1170. The lowest BCUT2D eigenvalue weighted by molar-refractivity contribution is 0.0943. The minimum absolute atomic E-state index is 0.109. The molecule has 0 bridgehead atoms. The second-order valence-corrected chi connectivity index (χ2v) is 9.13. The highest BCUT2D eigenvalue weighted by Crippen LogP contribution is 2.30. The summed E-state index contributed by atoms with van der Waals surface area (Å²) in [7, 11) is 0. The van der Waals surface area contributed by atoms with Crippen LogP contribution in [0.4, 0.5) is 0 Å². The van der Waals surface area contributed by atoms with Crippen LogP contribution in [0.15, 0.2) is 108 Å². The molecule has 34 heavy (non-hydrogen) atoms. The van der Waals surface area contributed by atoms with Crippen LogP contribution in [-0.4, -0.2) is 12.5 Å². The molecule has 4 heteroatoms.